The second kappa shape index (κ2) is 3.72. The molecule has 0 spiro atoms. The van der Waals surface area contributed by atoms with Crippen LogP contribution in [0.1, 0.15) is 13.8 Å². The predicted octanol–water partition coefficient (Wildman–Crippen LogP) is -0.0220. The van der Waals surface area contributed by atoms with Gasteiger partial charge in [-0.3, -0.25) is 4.79 Å². The summed E-state index contributed by atoms with van der Waals surface area (Å²) >= 11 is 0. The van der Waals surface area contributed by atoms with Crippen LogP contribution in [0.4, 0.5) is 0 Å². The highest BCUT2D eigenvalue weighted by Crippen LogP contribution is 2.15. The summed E-state index contributed by atoms with van der Waals surface area (Å²) in [5.74, 6) is 0.928. The minimum atomic E-state index is 0.177. The first-order chi connectivity index (χ1) is 5.25. The maximum atomic E-state index is 11.2. The van der Waals surface area contributed by atoms with Gasteiger partial charge < -0.3 is 10.6 Å². The first kappa shape index (κ1) is 8.53. The summed E-state index contributed by atoms with van der Waals surface area (Å²) in [7, 11) is 0. The van der Waals surface area contributed by atoms with Crippen LogP contribution in [0, 0.1) is 11.8 Å². The van der Waals surface area contributed by atoms with Gasteiger partial charge in [0.2, 0.25) is 5.91 Å². The number of rotatable bonds is 3. The molecular formula is C8H16N2O. The Balaban J connectivity index is 2.27. The Hall–Kier alpha value is -0.570. The Morgan fingerprint density at radius 1 is 1.73 bits per heavy atom. The minimum Gasteiger partial charge on any atom is -0.356 e. The summed E-state index contributed by atoms with van der Waals surface area (Å²) in [6.45, 7) is 6.68. The van der Waals surface area contributed by atoms with Crippen LogP contribution in [-0.2, 0) is 4.79 Å². The van der Waals surface area contributed by atoms with Crippen molar-refractivity contribution in [3.8, 4) is 0 Å². The molecule has 1 saturated heterocycles. The molecular weight excluding hydrogens is 140 g/mol. The van der Waals surface area contributed by atoms with E-state index in [1.54, 1.807) is 0 Å². The van der Waals surface area contributed by atoms with Crippen molar-refractivity contribution in [2.75, 3.05) is 19.6 Å². The van der Waals surface area contributed by atoms with Gasteiger partial charge in [-0.15, -0.1) is 0 Å². The SMILES string of the molecule is CCNC(=O)C(C)C1CNC1. The summed E-state index contributed by atoms with van der Waals surface area (Å²) in [6, 6.07) is 0. The smallest absolute Gasteiger partial charge is 0.223 e. The molecule has 2 N–H and O–H groups in total. The van der Waals surface area contributed by atoms with Gasteiger partial charge >= 0.3 is 0 Å². The van der Waals surface area contributed by atoms with E-state index in [1.807, 2.05) is 13.8 Å². The van der Waals surface area contributed by atoms with Crippen molar-refractivity contribution in [2.24, 2.45) is 11.8 Å². The van der Waals surface area contributed by atoms with Gasteiger partial charge in [-0.05, 0) is 25.9 Å². The Bertz CT molecular complexity index is 143. The number of nitrogens with one attached hydrogen (secondary N) is 2. The van der Waals surface area contributed by atoms with Crippen molar-refractivity contribution in [1.82, 2.24) is 10.6 Å². The number of carbonyl (C=O) groups excluding carboxylic acids is 1. The number of carbonyl (C=O) groups is 1. The second-order valence-corrected chi connectivity index (χ2v) is 3.10. The maximum absolute atomic E-state index is 11.2. The van der Waals surface area contributed by atoms with Crippen molar-refractivity contribution >= 4 is 5.91 Å². The van der Waals surface area contributed by atoms with Gasteiger partial charge in [0.05, 0.1) is 0 Å². The third-order valence-corrected chi connectivity index (χ3v) is 2.28. The third kappa shape index (κ3) is 1.93. The van der Waals surface area contributed by atoms with Crippen molar-refractivity contribution in [1.29, 1.82) is 0 Å². The summed E-state index contributed by atoms with van der Waals surface area (Å²) in [5.41, 5.74) is 0. The van der Waals surface area contributed by atoms with E-state index in [0.29, 0.717) is 5.92 Å². The Labute approximate surface area is 67.5 Å². The molecule has 1 rings (SSSR count). The fourth-order valence-corrected chi connectivity index (χ4v) is 1.21. The molecule has 1 unspecified atom stereocenters. The molecule has 0 aromatic heterocycles. The van der Waals surface area contributed by atoms with Crippen LogP contribution < -0.4 is 10.6 Å². The molecule has 3 heteroatoms. The lowest BCUT2D eigenvalue weighted by Crippen LogP contribution is -2.49. The highest BCUT2D eigenvalue weighted by molar-refractivity contribution is 5.78. The molecule has 11 heavy (non-hydrogen) atoms. The average molecular weight is 156 g/mol. The molecule has 1 aliphatic heterocycles. The van der Waals surface area contributed by atoms with Gasteiger partial charge in [-0.2, -0.15) is 0 Å². The molecule has 64 valence electrons. The lowest BCUT2D eigenvalue weighted by molar-refractivity contribution is -0.126. The Kier molecular flexibility index (Phi) is 2.88. The molecule has 1 amide bonds. The zero-order chi connectivity index (χ0) is 8.27. The van der Waals surface area contributed by atoms with Crippen molar-refractivity contribution in [3.63, 3.8) is 0 Å². The number of hydrogen-bond acceptors (Lipinski definition) is 2. The minimum absolute atomic E-state index is 0.177. The summed E-state index contributed by atoms with van der Waals surface area (Å²) < 4.78 is 0. The standard InChI is InChI=1S/C8H16N2O/c1-3-10-8(11)6(2)7-4-9-5-7/h6-7,9H,3-5H2,1-2H3,(H,10,11). The fourth-order valence-electron chi connectivity index (χ4n) is 1.21. The quantitative estimate of drug-likeness (QED) is 0.603. The summed E-state index contributed by atoms with van der Waals surface area (Å²) in [5, 5.41) is 5.99. The first-order valence-corrected chi connectivity index (χ1v) is 4.24. The molecule has 1 aliphatic rings. The van der Waals surface area contributed by atoms with Crippen LogP contribution in [0.5, 0.6) is 0 Å². The van der Waals surface area contributed by atoms with E-state index in [0.717, 1.165) is 19.6 Å². The van der Waals surface area contributed by atoms with E-state index in [4.69, 9.17) is 0 Å². The second-order valence-electron chi connectivity index (χ2n) is 3.10. The van der Waals surface area contributed by atoms with Crippen LogP contribution in [0.25, 0.3) is 0 Å². The van der Waals surface area contributed by atoms with Gasteiger partial charge in [-0.1, -0.05) is 6.92 Å². The fraction of sp³-hybridized carbons (Fsp3) is 0.875. The van der Waals surface area contributed by atoms with Crippen LogP contribution in [0.15, 0.2) is 0 Å². The van der Waals surface area contributed by atoms with Gasteiger partial charge in [0.1, 0.15) is 0 Å². The van der Waals surface area contributed by atoms with Gasteiger partial charge in [-0.25, -0.2) is 0 Å². The van der Waals surface area contributed by atoms with Crippen molar-refractivity contribution in [2.45, 2.75) is 13.8 Å². The van der Waals surface area contributed by atoms with Crippen LogP contribution in [0.2, 0.25) is 0 Å². The summed E-state index contributed by atoms with van der Waals surface area (Å²) in [4.78, 5) is 11.2. The molecule has 0 bridgehead atoms. The molecule has 3 nitrogen and oxygen atoms in total. The molecule has 0 radical (unpaired) electrons. The topological polar surface area (TPSA) is 41.1 Å². The highest BCUT2D eigenvalue weighted by atomic mass is 16.1. The maximum Gasteiger partial charge on any atom is 0.223 e. The molecule has 0 aliphatic carbocycles. The van der Waals surface area contributed by atoms with E-state index in [1.165, 1.54) is 0 Å². The lowest BCUT2D eigenvalue weighted by Gasteiger charge is -2.31. The summed E-state index contributed by atoms with van der Waals surface area (Å²) in [6.07, 6.45) is 0. The predicted molar refractivity (Wildman–Crippen MR) is 44.2 cm³/mol. The van der Waals surface area contributed by atoms with Gasteiger partial charge in [0.15, 0.2) is 0 Å². The largest absolute Gasteiger partial charge is 0.356 e. The van der Waals surface area contributed by atoms with E-state index in [9.17, 15) is 4.79 Å². The van der Waals surface area contributed by atoms with E-state index < -0.39 is 0 Å². The zero-order valence-electron chi connectivity index (χ0n) is 7.18. The monoisotopic (exact) mass is 156 g/mol. The van der Waals surface area contributed by atoms with Crippen LogP contribution in [0.3, 0.4) is 0 Å². The van der Waals surface area contributed by atoms with Crippen LogP contribution in [-0.4, -0.2) is 25.5 Å². The number of amides is 1. The molecule has 0 saturated carbocycles. The lowest BCUT2D eigenvalue weighted by atomic mass is 9.88. The normalized spacial score (nSPS) is 20.5. The van der Waals surface area contributed by atoms with Crippen LogP contribution >= 0.6 is 0 Å². The molecule has 1 fully saturated rings. The first-order valence-electron chi connectivity index (χ1n) is 4.24. The molecule has 1 atom stereocenters. The van der Waals surface area contributed by atoms with Crippen molar-refractivity contribution < 1.29 is 4.79 Å². The third-order valence-electron chi connectivity index (χ3n) is 2.28. The van der Waals surface area contributed by atoms with E-state index >= 15 is 0 Å². The average Bonchev–Trinajstić information content (AvgIpc) is 1.84. The molecule has 1 heterocycles. The van der Waals surface area contributed by atoms with E-state index in [2.05, 4.69) is 10.6 Å². The van der Waals surface area contributed by atoms with Gasteiger partial charge in [0, 0.05) is 12.5 Å². The Morgan fingerprint density at radius 3 is 2.73 bits per heavy atom. The van der Waals surface area contributed by atoms with Gasteiger partial charge in [0.25, 0.3) is 0 Å². The zero-order valence-corrected chi connectivity index (χ0v) is 7.18. The molecule has 0 aromatic rings. The molecule has 0 aromatic carbocycles. The Morgan fingerprint density at radius 2 is 2.36 bits per heavy atom. The number of hydrogen-bond donors (Lipinski definition) is 2. The van der Waals surface area contributed by atoms with Crippen molar-refractivity contribution in [3.05, 3.63) is 0 Å². The highest BCUT2D eigenvalue weighted by Gasteiger charge is 2.27. The van der Waals surface area contributed by atoms with E-state index in [-0.39, 0.29) is 11.8 Å².